The van der Waals surface area contributed by atoms with Gasteiger partial charge in [0, 0.05) is 51.3 Å². The molecule has 1 spiro atoms. The molecule has 1 N–H and O–H groups in total. The summed E-state index contributed by atoms with van der Waals surface area (Å²) in [5.74, 6) is 1.07. The van der Waals surface area contributed by atoms with Gasteiger partial charge in [0.15, 0.2) is 5.96 Å². The van der Waals surface area contributed by atoms with Gasteiger partial charge in [0.25, 0.3) is 0 Å². The van der Waals surface area contributed by atoms with E-state index in [1.54, 1.807) is 0 Å². The monoisotopic (exact) mass is 408 g/mol. The van der Waals surface area contributed by atoms with Crippen molar-refractivity contribution in [3.05, 3.63) is 0 Å². The molecule has 1 unspecified atom stereocenters. The maximum Gasteiger partial charge on any atom is 0.193 e. The summed E-state index contributed by atoms with van der Waals surface area (Å²) < 4.78 is 5.60. The Labute approximate surface area is 145 Å². The third-order valence-electron chi connectivity index (χ3n) is 5.05. The van der Waals surface area contributed by atoms with Gasteiger partial charge >= 0.3 is 0 Å². The first-order valence-electron chi connectivity index (χ1n) is 7.96. The van der Waals surface area contributed by atoms with Crippen LogP contribution in [0.2, 0.25) is 0 Å². The smallest absolute Gasteiger partial charge is 0.193 e. The number of halogens is 1. The summed E-state index contributed by atoms with van der Waals surface area (Å²) in [6, 6.07) is 0.838. The third-order valence-corrected chi connectivity index (χ3v) is 5.05. The van der Waals surface area contributed by atoms with Crippen molar-refractivity contribution >= 4 is 29.9 Å². The quantitative estimate of drug-likeness (QED) is 0.434. The van der Waals surface area contributed by atoms with Crippen molar-refractivity contribution in [1.82, 2.24) is 15.1 Å². The van der Waals surface area contributed by atoms with Crippen LogP contribution in [0.4, 0.5) is 0 Å². The molecule has 2 heterocycles. The maximum atomic E-state index is 5.60. The molecule has 0 aromatic heterocycles. The van der Waals surface area contributed by atoms with Gasteiger partial charge in [0.2, 0.25) is 0 Å². The average Bonchev–Trinajstić information content (AvgIpc) is 3.09. The fourth-order valence-corrected chi connectivity index (χ4v) is 3.46. The molecule has 0 aromatic carbocycles. The van der Waals surface area contributed by atoms with Gasteiger partial charge in [-0.2, -0.15) is 0 Å². The number of likely N-dealkylation sites (tertiary alicyclic amines) is 1. The van der Waals surface area contributed by atoms with Crippen molar-refractivity contribution in [2.45, 2.75) is 31.7 Å². The van der Waals surface area contributed by atoms with E-state index in [2.05, 4.69) is 27.2 Å². The number of likely N-dealkylation sites (N-methyl/N-ethyl adjacent to an activating group) is 1. The highest BCUT2D eigenvalue weighted by Crippen LogP contribution is 2.38. The second-order valence-electron chi connectivity index (χ2n) is 6.66. The highest BCUT2D eigenvalue weighted by molar-refractivity contribution is 14.0. The van der Waals surface area contributed by atoms with E-state index >= 15 is 0 Å². The number of aliphatic imine (C=N–C) groups is 1. The lowest BCUT2D eigenvalue weighted by Crippen LogP contribution is -2.44. The Morgan fingerprint density at radius 1 is 1.43 bits per heavy atom. The first-order valence-corrected chi connectivity index (χ1v) is 7.96. The molecule has 3 aliphatic rings. The fraction of sp³-hybridized carbons (Fsp3) is 0.933. The van der Waals surface area contributed by atoms with Crippen LogP contribution in [0.1, 0.15) is 25.7 Å². The normalized spacial score (nSPS) is 29.3. The second-order valence-corrected chi connectivity index (χ2v) is 6.66. The molecule has 3 rings (SSSR count). The van der Waals surface area contributed by atoms with E-state index in [4.69, 9.17) is 4.74 Å². The van der Waals surface area contributed by atoms with Gasteiger partial charge in [-0.05, 0) is 32.7 Å². The highest BCUT2D eigenvalue weighted by Gasteiger charge is 2.42. The van der Waals surface area contributed by atoms with Gasteiger partial charge in [0.05, 0.1) is 6.61 Å². The SMILES string of the molecule is CN=C(NCCN(C)C1CC1)N1CCC2(CCOC2)C1.I. The molecule has 0 bridgehead atoms. The van der Waals surface area contributed by atoms with E-state index in [9.17, 15) is 0 Å². The van der Waals surface area contributed by atoms with Crippen LogP contribution in [0.25, 0.3) is 0 Å². The third kappa shape index (κ3) is 4.22. The fourth-order valence-electron chi connectivity index (χ4n) is 3.46. The number of hydrogen-bond acceptors (Lipinski definition) is 3. The summed E-state index contributed by atoms with van der Waals surface area (Å²) in [6.45, 7) is 6.18. The molecule has 2 saturated heterocycles. The number of nitrogens with zero attached hydrogens (tertiary/aromatic N) is 3. The molecule has 1 saturated carbocycles. The number of ether oxygens (including phenoxy) is 1. The minimum Gasteiger partial charge on any atom is -0.381 e. The molecule has 1 atom stereocenters. The number of nitrogens with one attached hydrogen (secondary N) is 1. The summed E-state index contributed by atoms with van der Waals surface area (Å²) in [6.07, 6.45) is 5.21. The minimum absolute atomic E-state index is 0. The van der Waals surface area contributed by atoms with Crippen molar-refractivity contribution < 1.29 is 4.74 Å². The molecule has 0 aromatic rings. The zero-order valence-corrected chi connectivity index (χ0v) is 15.6. The largest absolute Gasteiger partial charge is 0.381 e. The summed E-state index contributed by atoms with van der Waals surface area (Å²) in [4.78, 5) is 9.32. The Bertz CT molecular complexity index is 367. The van der Waals surface area contributed by atoms with Crippen LogP contribution in [0, 0.1) is 5.41 Å². The average molecular weight is 408 g/mol. The maximum absolute atomic E-state index is 5.60. The molecule has 1 aliphatic carbocycles. The number of rotatable bonds is 4. The van der Waals surface area contributed by atoms with Gasteiger partial charge in [-0.1, -0.05) is 0 Å². The Balaban J connectivity index is 0.00000161. The molecule has 3 fully saturated rings. The Kier molecular flexibility index (Phi) is 6.14. The van der Waals surface area contributed by atoms with Crippen LogP contribution in [0.5, 0.6) is 0 Å². The summed E-state index contributed by atoms with van der Waals surface area (Å²) >= 11 is 0. The van der Waals surface area contributed by atoms with E-state index in [0.29, 0.717) is 5.41 Å². The van der Waals surface area contributed by atoms with Gasteiger partial charge < -0.3 is 19.9 Å². The summed E-state index contributed by atoms with van der Waals surface area (Å²) in [5, 5.41) is 3.52. The lowest BCUT2D eigenvalue weighted by molar-refractivity contribution is 0.156. The molecule has 6 heteroatoms. The van der Waals surface area contributed by atoms with E-state index in [-0.39, 0.29) is 24.0 Å². The van der Waals surface area contributed by atoms with Crippen LogP contribution in [0.3, 0.4) is 0 Å². The Hall–Kier alpha value is -0.0800. The van der Waals surface area contributed by atoms with E-state index in [1.165, 1.54) is 25.7 Å². The van der Waals surface area contributed by atoms with E-state index in [0.717, 1.165) is 51.4 Å². The number of hydrogen-bond donors (Lipinski definition) is 1. The van der Waals surface area contributed by atoms with Crippen molar-refractivity contribution in [3.63, 3.8) is 0 Å². The number of guanidine groups is 1. The Morgan fingerprint density at radius 2 is 2.24 bits per heavy atom. The van der Waals surface area contributed by atoms with Crippen LogP contribution < -0.4 is 5.32 Å². The van der Waals surface area contributed by atoms with Crippen molar-refractivity contribution in [1.29, 1.82) is 0 Å². The van der Waals surface area contributed by atoms with Crippen molar-refractivity contribution in [2.24, 2.45) is 10.4 Å². The zero-order chi connectivity index (χ0) is 14.0. The topological polar surface area (TPSA) is 40.1 Å². The van der Waals surface area contributed by atoms with Crippen LogP contribution in [0.15, 0.2) is 4.99 Å². The van der Waals surface area contributed by atoms with Crippen LogP contribution in [-0.2, 0) is 4.74 Å². The summed E-state index contributed by atoms with van der Waals surface area (Å²) in [7, 11) is 4.12. The minimum atomic E-state index is 0. The van der Waals surface area contributed by atoms with E-state index < -0.39 is 0 Å². The molecule has 5 nitrogen and oxygen atoms in total. The molecule has 0 amide bonds. The van der Waals surface area contributed by atoms with E-state index in [1.807, 2.05) is 7.05 Å². The molecular formula is C15H29IN4O. The standard InChI is InChI=1S/C15H28N4O.HI/c1-16-14(17-7-9-18(2)13-3-4-13)19-8-5-15(11-19)6-10-20-12-15;/h13H,3-12H2,1-2H3,(H,16,17);1H. The lowest BCUT2D eigenvalue weighted by atomic mass is 9.87. The first kappa shape index (κ1) is 17.3. The van der Waals surface area contributed by atoms with Gasteiger partial charge in [-0.25, -0.2) is 0 Å². The van der Waals surface area contributed by atoms with Crippen molar-refractivity contribution in [3.8, 4) is 0 Å². The molecule has 122 valence electrons. The lowest BCUT2D eigenvalue weighted by Gasteiger charge is -2.25. The predicted molar refractivity (Wildman–Crippen MR) is 96.5 cm³/mol. The predicted octanol–water partition coefficient (Wildman–Crippen LogP) is 1.39. The molecular weight excluding hydrogens is 379 g/mol. The van der Waals surface area contributed by atoms with Crippen LogP contribution >= 0.6 is 24.0 Å². The van der Waals surface area contributed by atoms with Gasteiger partial charge in [0.1, 0.15) is 0 Å². The highest BCUT2D eigenvalue weighted by atomic mass is 127. The molecule has 0 radical (unpaired) electrons. The molecule has 2 aliphatic heterocycles. The Morgan fingerprint density at radius 3 is 2.86 bits per heavy atom. The van der Waals surface area contributed by atoms with Gasteiger partial charge in [-0.15, -0.1) is 24.0 Å². The zero-order valence-electron chi connectivity index (χ0n) is 13.3. The molecule has 21 heavy (non-hydrogen) atoms. The second kappa shape index (κ2) is 7.46. The van der Waals surface area contributed by atoms with Crippen LogP contribution in [-0.4, -0.2) is 75.3 Å². The summed E-state index contributed by atoms with van der Waals surface area (Å²) in [5.41, 5.74) is 0.405. The first-order chi connectivity index (χ1) is 9.72. The van der Waals surface area contributed by atoms with Gasteiger partial charge in [-0.3, -0.25) is 4.99 Å². The van der Waals surface area contributed by atoms with Crippen molar-refractivity contribution in [2.75, 3.05) is 53.5 Å².